The highest BCUT2D eigenvalue weighted by atomic mass is 16.6. The molecule has 2 N–H and O–H groups in total. The molecule has 2 atom stereocenters. The fourth-order valence-corrected chi connectivity index (χ4v) is 2.86. The Morgan fingerprint density at radius 2 is 1.75 bits per heavy atom. The standard InChI is InChI=1S/C18H28N2O4/c1-18(2,3)24-17(21)20-7-6-16(19)15(11-20)12-8-13(22-4)10-14(9-12)23-5/h8-10,15-16H,6-7,11,19H2,1-5H3/t15-,16-/m0/s1. The fourth-order valence-electron chi connectivity index (χ4n) is 2.86. The quantitative estimate of drug-likeness (QED) is 0.919. The van der Waals surface area contributed by atoms with Crippen LogP contribution in [0.3, 0.4) is 0 Å². The van der Waals surface area contributed by atoms with Crippen LogP contribution in [-0.4, -0.2) is 49.9 Å². The lowest BCUT2D eigenvalue weighted by molar-refractivity contribution is 0.0186. The van der Waals surface area contributed by atoms with Crippen LogP contribution in [-0.2, 0) is 4.74 Å². The van der Waals surface area contributed by atoms with Crippen molar-refractivity contribution in [2.75, 3.05) is 27.3 Å². The Morgan fingerprint density at radius 1 is 1.17 bits per heavy atom. The summed E-state index contributed by atoms with van der Waals surface area (Å²) in [5, 5.41) is 0. The molecule has 24 heavy (non-hydrogen) atoms. The minimum atomic E-state index is -0.509. The van der Waals surface area contributed by atoms with E-state index < -0.39 is 5.60 Å². The molecule has 0 radical (unpaired) electrons. The molecule has 6 nitrogen and oxygen atoms in total. The van der Waals surface area contributed by atoms with Crippen LogP contribution in [0.2, 0.25) is 0 Å². The van der Waals surface area contributed by atoms with Crippen molar-refractivity contribution in [3.05, 3.63) is 23.8 Å². The van der Waals surface area contributed by atoms with Crippen LogP contribution in [0.1, 0.15) is 38.7 Å². The summed E-state index contributed by atoms with van der Waals surface area (Å²) in [6.45, 7) is 6.72. The van der Waals surface area contributed by atoms with Gasteiger partial charge in [0.2, 0.25) is 0 Å². The zero-order valence-electron chi connectivity index (χ0n) is 15.2. The lowest BCUT2D eigenvalue weighted by Crippen LogP contribution is -2.49. The largest absolute Gasteiger partial charge is 0.497 e. The lowest BCUT2D eigenvalue weighted by atomic mass is 9.86. The molecule has 1 aliphatic rings. The second-order valence-corrected chi connectivity index (χ2v) is 7.13. The first-order chi connectivity index (χ1) is 11.2. The number of rotatable bonds is 3. The summed E-state index contributed by atoms with van der Waals surface area (Å²) in [4.78, 5) is 14.1. The molecule has 0 aliphatic carbocycles. The van der Waals surface area contributed by atoms with E-state index in [4.69, 9.17) is 19.9 Å². The van der Waals surface area contributed by atoms with Gasteiger partial charge in [-0.25, -0.2) is 4.79 Å². The second-order valence-electron chi connectivity index (χ2n) is 7.13. The predicted octanol–water partition coefficient (Wildman–Crippen LogP) is 2.76. The molecular formula is C18H28N2O4. The summed E-state index contributed by atoms with van der Waals surface area (Å²) in [6.07, 6.45) is 0.429. The van der Waals surface area contributed by atoms with Gasteiger partial charge in [0, 0.05) is 31.1 Å². The number of hydrogen-bond donors (Lipinski definition) is 1. The summed E-state index contributed by atoms with van der Waals surface area (Å²) in [5.41, 5.74) is 6.82. The first kappa shape index (κ1) is 18.4. The average Bonchev–Trinajstić information content (AvgIpc) is 2.53. The first-order valence-electron chi connectivity index (χ1n) is 8.20. The van der Waals surface area contributed by atoms with Gasteiger partial charge >= 0.3 is 6.09 Å². The third kappa shape index (κ3) is 4.54. The Labute approximate surface area is 143 Å². The van der Waals surface area contributed by atoms with E-state index in [1.54, 1.807) is 19.1 Å². The monoisotopic (exact) mass is 336 g/mol. The summed E-state index contributed by atoms with van der Waals surface area (Å²) in [5.74, 6) is 1.44. The number of likely N-dealkylation sites (tertiary alicyclic amines) is 1. The molecule has 1 fully saturated rings. The van der Waals surface area contributed by atoms with E-state index in [2.05, 4.69) is 0 Å². The van der Waals surface area contributed by atoms with Crippen LogP contribution in [0.4, 0.5) is 4.79 Å². The van der Waals surface area contributed by atoms with E-state index >= 15 is 0 Å². The van der Waals surface area contributed by atoms with E-state index in [1.807, 2.05) is 39.0 Å². The molecule has 2 rings (SSSR count). The molecule has 0 saturated carbocycles. The Balaban J connectivity index is 2.21. The summed E-state index contributed by atoms with van der Waals surface area (Å²) < 4.78 is 16.2. The Hall–Kier alpha value is -1.95. The van der Waals surface area contributed by atoms with E-state index in [0.29, 0.717) is 24.6 Å². The molecule has 0 unspecified atom stereocenters. The number of benzene rings is 1. The molecular weight excluding hydrogens is 308 g/mol. The van der Waals surface area contributed by atoms with Crippen LogP contribution in [0.15, 0.2) is 18.2 Å². The maximum Gasteiger partial charge on any atom is 0.410 e. The Kier molecular flexibility index (Phi) is 5.59. The Morgan fingerprint density at radius 3 is 2.25 bits per heavy atom. The van der Waals surface area contributed by atoms with Crippen molar-refractivity contribution in [2.24, 2.45) is 5.73 Å². The number of hydrogen-bond acceptors (Lipinski definition) is 5. The maximum absolute atomic E-state index is 12.4. The summed E-state index contributed by atoms with van der Waals surface area (Å²) in [6, 6.07) is 5.70. The van der Waals surface area contributed by atoms with E-state index in [1.165, 1.54) is 0 Å². The van der Waals surface area contributed by atoms with E-state index in [9.17, 15) is 4.79 Å². The molecule has 0 aromatic heterocycles. The lowest BCUT2D eigenvalue weighted by Gasteiger charge is -2.38. The number of carbonyl (C=O) groups excluding carboxylic acids is 1. The van der Waals surface area contributed by atoms with Gasteiger partial charge in [0.25, 0.3) is 0 Å². The van der Waals surface area contributed by atoms with Gasteiger partial charge < -0.3 is 24.8 Å². The minimum absolute atomic E-state index is 0.00951. The molecule has 1 heterocycles. The summed E-state index contributed by atoms with van der Waals surface area (Å²) in [7, 11) is 3.23. The average molecular weight is 336 g/mol. The number of nitrogens with two attached hydrogens (primary N) is 1. The van der Waals surface area contributed by atoms with Gasteiger partial charge in [-0.15, -0.1) is 0 Å². The number of nitrogens with zero attached hydrogens (tertiary/aromatic N) is 1. The zero-order valence-corrected chi connectivity index (χ0v) is 15.2. The number of piperidine rings is 1. The van der Waals surface area contributed by atoms with Gasteiger partial charge in [-0.2, -0.15) is 0 Å². The van der Waals surface area contributed by atoms with Crippen molar-refractivity contribution >= 4 is 6.09 Å². The third-order valence-electron chi connectivity index (χ3n) is 4.12. The van der Waals surface area contributed by atoms with Crippen molar-refractivity contribution < 1.29 is 19.0 Å². The van der Waals surface area contributed by atoms with E-state index in [-0.39, 0.29) is 18.1 Å². The molecule has 0 spiro atoms. The minimum Gasteiger partial charge on any atom is -0.497 e. The van der Waals surface area contributed by atoms with Crippen LogP contribution in [0.5, 0.6) is 11.5 Å². The Bertz CT molecular complexity index is 561. The first-order valence-corrected chi connectivity index (χ1v) is 8.20. The molecule has 0 bridgehead atoms. The molecule has 1 aromatic carbocycles. The van der Waals surface area contributed by atoms with Gasteiger partial charge in [-0.3, -0.25) is 0 Å². The van der Waals surface area contributed by atoms with Crippen molar-refractivity contribution in [1.29, 1.82) is 0 Å². The van der Waals surface area contributed by atoms with Gasteiger partial charge in [0.1, 0.15) is 17.1 Å². The summed E-state index contributed by atoms with van der Waals surface area (Å²) >= 11 is 0. The van der Waals surface area contributed by atoms with Crippen LogP contribution < -0.4 is 15.2 Å². The molecule has 1 aliphatic heterocycles. The highest BCUT2D eigenvalue weighted by molar-refractivity contribution is 5.68. The van der Waals surface area contributed by atoms with Crippen molar-refractivity contribution in [1.82, 2.24) is 4.90 Å². The van der Waals surface area contributed by atoms with Crippen LogP contribution in [0.25, 0.3) is 0 Å². The number of carbonyl (C=O) groups is 1. The highest BCUT2D eigenvalue weighted by Gasteiger charge is 2.33. The fraction of sp³-hybridized carbons (Fsp3) is 0.611. The maximum atomic E-state index is 12.4. The number of methoxy groups -OCH3 is 2. The molecule has 134 valence electrons. The van der Waals surface area contributed by atoms with Gasteiger partial charge in [-0.1, -0.05) is 0 Å². The van der Waals surface area contributed by atoms with Crippen molar-refractivity contribution in [2.45, 2.75) is 44.8 Å². The SMILES string of the molecule is COc1cc(OC)cc([C@@H]2CN(C(=O)OC(C)(C)C)CC[C@@H]2N)c1. The van der Waals surface area contributed by atoms with Gasteiger partial charge in [0.05, 0.1) is 14.2 Å². The zero-order chi connectivity index (χ0) is 17.9. The highest BCUT2D eigenvalue weighted by Crippen LogP contribution is 2.32. The predicted molar refractivity (Wildman–Crippen MR) is 92.7 cm³/mol. The molecule has 1 aromatic rings. The third-order valence-corrected chi connectivity index (χ3v) is 4.12. The van der Waals surface area contributed by atoms with Crippen LogP contribution >= 0.6 is 0 Å². The van der Waals surface area contributed by atoms with Gasteiger partial charge in [-0.05, 0) is 44.9 Å². The second kappa shape index (κ2) is 7.30. The van der Waals surface area contributed by atoms with Gasteiger partial charge in [0.15, 0.2) is 0 Å². The van der Waals surface area contributed by atoms with E-state index in [0.717, 1.165) is 12.0 Å². The van der Waals surface area contributed by atoms with Crippen molar-refractivity contribution in [3.63, 3.8) is 0 Å². The smallest absolute Gasteiger partial charge is 0.410 e. The normalized spacial score (nSPS) is 21.3. The number of amides is 1. The topological polar surface area (TPSA) is 74.0 Å². The number of ether oxygens (including phenoxy) is 3. The molecule has 1 saturated heterocycles. The van der Waals surface area contributed by atoms with Crippen molar-refractivity contribution in [3.8, 4) is 11.5 Å². The molecule has 6 heteroatoms. The van der Waals surface area contributed by atoms with Crippen LogP contribution in [0, 0.1) is 0 Å². The molecule has 1 amide bonds.